The average molecular weight is 228 g/mol. The lowest BCUT2D eigenvalue weighted by atomic mass is 10.2. The number of nitrogens with zero attached hydrogens (tertiary/aromatic N) is 1. The van der Waals surface area contributed by atoms with Gasteiger partial charge in [0.2, 0.25) is 0 Å². The molecule has 0 aromatic carbocycles. The van der Waals surface area contributed by atoms with Crippen molar-refractivity contribution in [3.63, 3.8) is 0 Å². The highest BCUT2D eigenvalue weighted by Crippen LogP contribution is 2.12. The van der Waals surface area contributed by atoms with Gasteiger partial charge >= 0.3 is 0 Å². The zero-order chi connectivity index (χ0) is 10.3. The molecule has 1 unspecified atom stereocenters. The van der Waals surface area contributed by atoms with E-state index in [1.807, 2.05) is 0 Å². The highest BCUT2D eigenvalue weighted by Gasteiger charge is 2.24. The van der Waals surface area contributed by atoms with Crippen LogP contribution in [-0.2, 0) is 9.53 Å². The molecule has 0 aromatic rings. The molecule has 0 spiro atoms. The fraction of sp³-hybridized carbons (Fsp3) is 0.875. The predicted molar refractivity (Wildman–Crippen MR) is 54.2 cm³/mol. The Morgan fingerprint density at radius 1 is 1.54 bits per heavy atom. The largest absolute Gasteiger partial charge is 0.368 e. The second kappa shape index (κ2) is 7.42. The smallest absolute Gasteiger partial charge is 0.251 e. The molecule has 0 radical (unpaired) electrons. The number of amides is 1. The van der Waals surface area contributed by atoms with Gasteiger partial charge in [0.1, 0.15) is 6.10 Å². The molecule has 1 fully saturated rings. The van der Waals surface area contributed by atoms with Gasteiger partial charge in [0.25, 0.3) is 5.91 Å². The van der Waals surface area contributed by atoms with E-state index in [-0.39, 0.29) is 17.4 Å². The minimum atomic E-state index is -0.157. The quantitative estimate of drug-likeness (QED) is 0.639. The standard InChI is InChI=1S/C7H13NO2.CH2Cl2/c1-8(2)7(9)6-4-3-5-10-6;2-1-3/h6H,3-5H2,1-2H3;1H2. The maximum Gasteiger partial charge on any atom is 0.251 e. The SMILES string of the molecule is CN(C)C(=O)C1CCCO1.ClCCl. The molecule has 1 aliphatic rings. The lowest BCUT2D eigenvalue weighted by Gasteiger charge is -2.14. The van der Waals surface area contributed by atoms with Crippen LogP contribution in [-0.4, -0.2) is 43.0 Å². The highest BCUT2D eigenvalue weighted by atomic mass is 35.5. The van der Waals surface area contributed by atoms with Crippen molar-refractivity contribution in [3.8, 4) is 0 Å². The first-order valence-corrected chi connectivity index (χ1v) is 5.15. The van der Waals surface area contributed by atoms with Crippen LogP contribution in [0.25, 0.3) is 0 Å². The van der Waals surface area contributed by atoms with Gasteiger partial charge in [-0.1, -0.05) is 0 Å². The average Bonchev–Trinajstić information content (AvgIpc) is 2.56. The summed E-state index contributed by atoms with van der Waals surface area (Å²) in [6, 6.07) is 0. The normalized spacial score (nSPS) is 20.5. The number of ether oxygens (including phenoxy) is 1. The minimum Gasteiger partial charge on any atom is -0.368 e. The fourth-order valence-corrected chi connectivity index (χ4v) is 1.06. The van der Waals surface area contributed by atoms with Crippen molar-refractivity contribution >= 4 is 29.1 Å². The van der Waals surface area contributed by atoms with E-state index < -0.39 is 0 Å². The van der Waals surface area contributed by atoms with Gasteiger partial charge < -0.3 is 9.64 Å². The van der Waals surface area contributed by atoms with E-state index in [1.54, 1.807) is 19.0 Å². The topological polar surface area (TPSA) is 29.5 Å². The van der Waals surface area contributed by atoms with E-state index in [9.17, 15) is 4.79 Å². The first kappa shape index (κ1) is 13.0. The third-order valence-corrected chi connectivity index (χ3v) is 1.65. The van der Waals surface area contributed by atoms with E-state index in [0.29, 0.717) is 0 Å². The second-order valence-electron chi connectivity index (χ2n) is 2.84. The molecule has 1 aliphatic heterocycles. The van der Waals surface area contributed by atoms with Gasteiger partial charge in [-0.25, -0.2) is 0 Å². The molecule has 0 bridgehead atoms. The van der Waals surface area contributed by atoms with Crippen LogP contribution in [0.3, 0.4) is 0 Å². The van der Waals surface area contributed by atoms with E-state index in [1.165, 1.54) is 0 Å². The van der Waals surface area contributed by atoms with Crippen LogP contribution in [0.2, 0.25) is 0 Å². The van der Waals surface area contributed by atoms with Gasteiger partial charge in [0, 0.05) is 20.7 Å². The first-order valence-electron chi connectivity index (χ1n) is 4.08. The zero-order valence-corrected chi connectivity index (χ0v) is 9.44. The second-order valence-corrected chi connectivity index (χ2v) is 3.64. The number of hydrogen-bond donors (Lipinski definition) is 0. The molecule has 13 heavy (non-hydrogen) atoms. The molecule has 0 N–H and O–H groups in total. The fourth-order valence-electron chi connectivity index (χ4n) is 1.06. The minimum absolute atomic E-state index is 0.0949. The van der Waals surface area contributed by atoms with Crippen LogP contribution in [0.1, 0.15) is 12.8 Å². The van der Waals surface area contributed by atoms with Gasteiger partial charge in [-0.2, -0.15) is 0 Å². The molecule has 0 aromatic heterocycles. The summed E-state index contributed by atoms with van der Waals surface area (Å²) < 4.78 is 5.18. The molecule has 1 atom stereocenters. The van der Waals surface area contributed by atoms with Crippen LogP contribution < -0.4 is 0 Å². The molecule has 0 saturated carbocycles. The number of hydrogen-bond acceptors (Lipinski definition) is 2. The Kier molecular flexibility index (Phi) is 7.42. The lowest BCUT2D eigenvalue weighted by Crippen LogP contribution is -2.32. The van der Waals surface area contributed by atoms with Crippen LogP contribution in [0, 0.1) is 0 Å². The van der Waals surface area contributed by atoms with Gasteiger partial charge in [0.15, 0.2) is 0 Å². The predicted octanol–water partition coefficient (Wildman–Crippen LogP) is 1.68. The summed E-state index contributed by atoms with van der Waals surface area (Å²) in [5, 5.41) is 0.194. The number of carbonyl (C=O) groups excluding carboxylic acids is 1. The van der Waals surface area contributed by atoms with Crippen LogP contribution >= 0.6 is 23.2 Å². The molecule has 5 heteroatoms. The van der Waals surface area contributed by atoms with Crippen molar-refractivity contribution in [3.05, 3.63) is 0 Å². The number of likely N-dealkylation sites (N-methyl/N-ethyl adjacent to an activating group) is 1. The molecule has 3 nitrogen and oxygen atoms in total. The molecular formula is C8H15Cl2NO2. The van der Waals surface area contributed by atoms with Gasteiger partial charge in [-0.15, -0.1) is 23.2 Å². The summed E-state index contributed by atoms with van der Waals surface area (Å²) in [7, 11) is 3.51. The third-order valence-electron chi connectivity index (χ3n) is 1.65. The van der Waals surface area contributed by atoms with Crippen LogP contribution in [0.4, 0.5) is 0 Å². The lowest BCUT2D eigenvalue weighted by molar-refractivity contribution is -0.138. The summed E-state index contributed by atoms with van der Waals surface area (Å²) in [6.45, 7) is 0.740. The van der Waals surface area contributed by atoms with Crippen molar-refractivity contribution in [2.45, 2.75) is 18.9 Å². The molecule has 1 saturated heterocycles. The molecular weight excluding hydrogens is 213 g/mol. The summed E-state index contributed by atoms with van der Waals surface area (Å²) >= 11 is 9.53. The molecule has 1 amide bonds. The van der Waals surface area contributed by atoms with Crippen molar-refractivity contribution in [1.82, 2.24) is 4.90 Å². The molecule has 1 rings (SSSR count). The monoisotopic (exact) mass is 227 g/mol. The molecule has 1 heterocycles. The Hall–Kier alpha value is 0.01000. The van der Waals surface area contributed by atoms with E-state index in [4.69, 9.17) is 27.9 Å². The zero-order valence-electron chi connectivity index (χ0n) is 7.93. The Morgan fingerprint density at radius 3 is 2.38 bits per heavy atom. The number of rotatable bonds is 1. The molecule has 0 aliphatic carbocycles. The van der Waals surface area contributed by atoms with Gasteiger partial charge in [-0.3, -0.25) is 4.79 Å². The summed E-state index contributed by atoms with van der Waals surface area (Å²) in [5.74, 6) is 0.0949. The summed E-state index contributed by atoms with van der Waals surface area (Å²) in [4.78, 5) is 12.7. The number of alkyl halides is 2. The van der Waals surface area contributed by atoms with Crippen molar-refractivity contribution < 1.29 is 9.53 Å². The van der Waals surface area contributed by atoms with Crippen molar-refractivity contribution in [1.29, 1.82) is 0 Å². The molecule has 78 valence electrons. The van der Waals surface area contributed by atoms with Crippen LogP contribution in [0.5, 0.6) is 0 Å². The third kappa shape index (κ3) is 5.34. The Labute approximate surface area is 88.9 Å². The van der Waals surface area contributed by atoms with E-state index in [2.05, 4.69) is 0 Å². The van der Waals surface area contributed by atoms with Crippen molar-refractivity contribution in [2.75, 3.05) is 26.0 Å². The first-order chi connectivity index (χ1) is 6.13. The Morgan fingerprint density at radius 2 is 2.08 bits per heavy atom. The maximum atomic E-state index is 11.1. The Balaban J connectivity index is 0.000000424. The summed E-state index contributed by atoms with van der Waals surface area (Å²) in [5.41, 5.74) is 0. The maximum absolute atomic E-state index is 11.1. The summed E-state index contributed by atoms with van der Waals surface area (Å²) in [6.07, 6.45) is 1.75. The van der Waals surface area contributed by atoms with Crippen molar-refractivity contribution in [2.24, 2.45) is 0 Å². The number of carbonyl (C=O) groups is 1. The van der Waals surface area contributed by atoms with E-state index >= 15 is 0 Å². The van der Waals surface area contributed by atoms with Gasteiger partial charge in [-0.05, 0) is 12.8 Å². The van der Waals surface area contributed by atoms with E-state index in [0.717, 1.165) is 19.4 Å². The van der Waals surface area contributed by atoms with Crippen LogP contribution in [0.15, 0.2) is 0 Å². The number of halogens is 2. The highest BCUT2D eigenvalue weighted by molar-refractivity contribution is 6.40. The Bertz CT molecular complexity index is 147. The van der Waals surface area contributed by atoms with Gasteiger partial charge in [0.05, 0.1) is 5.34 Å².